The molecule has 0 heterocycles. The molecule has 0 aliphatic heterocycles. The van der Waals surface area contributed by atoms with E-state index in [2.05, 4.69) is 6.92 Å². The molecule has 268 valence electrons. The SMILES string of the molecule is CCCCCCC(=O)OCCOCCOCCOCCOCCOCCOCCOCCOCCOCCC(=O)OC(C)(C)C. The summed E-state index contributed by atoms with van der Waals surface area (Å²) >= 11 is 0. The van der Waals surface area contributed by atoms with Crippen LogP contribution >= 0.6 is 0 Å². The maximum atomic E-state index is 11.6. The lowest BCUT2D eigenvalue weighted by molar-refractivity contribution is -0.156. The van der Waals surface area contributed by atoms with Gasteiger partial charge in [-0.1, -0.05) is 26.2 Å². The van der Waals surface area contributed by atoms with E-state index < -0.39 is 5.60 Å². The third-order valence-corrected chi connectivity index (χ3v) is 5.57. The molecular formula is C32H62O13. The van der Waals surface area contributed by atoms with Gasteiger partial charge in [-0.05, 0) is 27.2 Å². The predicted octanol–water partition coefficient (Wildman–Crippen LogP) is 3.38. The molecule has 0 bridgehead atoms. The number of carbonyl (C=O) groups excluding carboxylic acids is 2. The first-order valence-corrected chi connectivity index (χ1v) is 16.4. The predicted molar refractivity (Wildman–Crippen MR) is 168 cm³/mol. The molecule has 0 aromatic carbocycles. The third kappa shape index (κ3) is 38.7. The summed E-state index contributed by atoms with van der Waals surface area (Å²) in [6.07, 6.45) is 4.98. The highest BCUT2D eigenvalue weighted by atomic mass is 16.6. The van der Waals surface area contributed by atoms with Gasteiger partial charge in [-0.15, -0.1) is 0 Å². The van der Waals surface area contributed by atoms with Gasteiger partial charge < -0.3 is 52.1 Å². The Morgan fingerprint density at radius 2 is 0.733 bits per heavy atom. The molecule has 0 spiro atoms. The fourth-order valence-corrected chi connectivity index (χ4v) is 3.39. The topological polar surface area (TPSA) is 136 Å². The van der Waals surface area contributed by atoms with E-state index in [1.165, 1.54) is 0 Å². The number of esters is 2. The summed E-state index contributed by atoms with van der Waals surface area (Å²) in [5, 5.41) is 0. The Labute approximate surface area is 271 Å². The minimum absolute atomic E-state index is 0.155. The molecular weight excluding hydrogens is 592 g/mol. The van der Waals surface area contributed by atoms with Gasteiger partial charge >= 0.3 is 11.9 Å². The highest BCUT2D eigenvalue weighted by Gasteiger charge is 2.15. The smallest absolute Gasteiger partial charge is 0.308 e. The maximum absolute atomic E-state index is 11.6. The first kappa shape index (κ1) is 43.6. The van der Waals surface area contributed by atoms with Crippen molar-refractivity contribution < 1.29 is 61.7 Å². The molecule has 13 nitrogen and oxygen atoms in total. The molecule has 0 fully saturated rings. The van der Waals surface area contributed by atoms with Crippen LogP contribution in [0.4, 0.5) is 0 Å². The first-order chi connectivity index (χ1) is 21.8. The van der Waals surface area contributed by atoms with Crippen molar-refractivity contribution >= 4 is 11.9 Å². The zero-order chi connectivity index (χ0) is 33.1. The zero-order valence-corrected chi connectivity index (χ0v) is 28.5. The molecule has 45 heavy (non-hydrogen) atoms. The standard InChI is InChI=1S/C32H62O13/c1-5-6-7-8-9-30(33)44-29-28-43-27-26-42-25-24-41-23-22-40-21-20-39-19-18-38-17-16-37-15-14-36-13-12-35-11-10-31(34)45-32(2,3)4/h5-29H2,1-4H3. The average Bonchev–Trinajstić information content (AvgIpc) is 2.99. The van der Waals surface area contributed by atoms with Crippen molar-refractivity contribution in [2.45, 2.75) is 71.8 Å². The highest BCUT2D eigenvalue weighted by molar-refractivity contribution is 5.70. The van der Waals surface area contributed by atoms with Crippen LogP contribution in [-0.2, 0) is 61.7 Å². The van der Waals surface area contributed by atoms with E-state index in [0.29, 0.717) is 125 Å². The van der Waals surface area contributed by atoms with Crippen LogP contribution in [0.25, 0.3) is 0 Å². The summed E-state index contributed by atoms with van der Waals surface area (Å²) in [4.78, 5) is 23.1. The van der Waals surface area contributed by atoms with E-state index in [1.807, 2.05) is 20.8 Å². The van der Waals surface area contributed by atoms with E-state index in [-0.39, 0.29) is 25.0 Å². The third-order valence-electron chi connectivity index (χ3n) is 5.57. The Morgan fingerprint density at radius 1 is 0.400 bits per heavy atom. The van der Waals surface area contributed by atoms with E-state index in [1.54, 1.807) is 0 Å². The van der Waals surface area contributed by atoms with Crippen molar-refractivity contribution in [1.29, 1.82) is 0 Å². The first-order valence-electron chi connectivity index (χ1n) is 16.4. The quantitative estimate of drug-likeness (QED) is 0.0731. The van der Waals surface area contributed by atoms with Gasteiger partial charge in [-0.25, -0.2) is 0 Å². The van der Waals surface area contributed by atoms with E-state index >= 15 is 0 Å². The number of hydrogen-bond donors (Lipinski definition) is 0. The summed E-state index contributed by atoms with van der Waals surface area (Å²) in [6.45, 7) is 16.2. The Hall–Kier alpha value is -1.42. The van der Waals surface area contributed by atoms with Crippen LogP contribution in [0.2, 0.25) is 0 Å². The molecule has 0 amide bonds. The van der Waals surface area contributed by atoms with Crippen LogP contribution in [0.5, 0.6) is 0 Å². The van der Waals surface area contributed by atoms with Crippen LogP contribution < -0.4 is 0 Å². The maximum Gasteiger partial charge on any atom is 0.308 e. The lowest BCUT2D eigenvalue weighted by Crippen LogP contribution is -2.24. The number of rotatable bonds is 35. The summed E-state index contributed by atoms with van der Waals surface area (Å²) in [5.41, 5.74) is -0.475. The van der Waals surface area contributed by atoms with Crippen LogP contribution in [-0.4, -0.2) is 143 Å². The number of ether oxygens (including phenoxy) is 11. The number of carbonyl (C=O) groups is 2. The monoisotopic (exact) mass is 654 g/mol. The second-order valence-corrected chi connectivity index (χ2v) is 10.9. The van der Waals surface area contributed by atoms with Crippen LogP contribution in [0.3, 0.4) is 0 Å². The summed E-state index contributed by atoms with van der Waals surface area (Å²) in [6, 6.07) is 0. The zero-order valence-electron chi connectivity index (χ0n) is 28.5. The molecule has 0 saturated carbocycles. The minimum atomic E-state index is -0.475. The van der Waals surface area contributed by atoms with E-state index in [9.17, 15) is 9.59 Å². The lowest BCUT2D eigenvalue weighted by Gasteiger charge is -2.19. The molecule has 0 saturated heterocycles. The van der Waals surface area contributed by atoms with Gasteiger partial charge in [-0.3, -0.25) is 9.59 Å². The van der Waals surface area contributed by atoms with Gasteiger partial charge in [0.15, 0.2) is 0 Å². The van der Waals surface area contributed by atoms with Crippen LogP contribution in [0.15, 0.2) is 0 Å². The second-order valence-electron chi connectivity index (χ2n) is 10.9. The molecule has 0 aromatic rings. The lowest BCUT2D eigenvalue weighted by atomic mass is 10.2. The molecule has 0 aromatic heterocycles. The fourth-order valence-electron chi connectivity index (χ4n) is 3.39. The van der Waals surface area contributed by atoms with Gasteiger partial charge in [0.25, 0.3) is 0 Å². The minimum Gasteiger partial charge on any atom is -0.463 e. The van der Waals surface area contributed by atoms with Crippen molar-refractivity contribution in [3.8, 4) is 0 Å². The van der Waals surface area contributed by atoms with Crippen molar-refractivity contribution in [2.24, 2.45) is 0 Å². The van der Waals surface area contributed by atoms with Gasteiger partial charge in [0.05, 0.1) is 125 Å². The Balaban J connectivity index is 3.13. The molecule has 0 aliphatic carbocycles. The molecule has 0 unspecified atom stereocenters. The Bertz CT molecular complexity index is 643. The second kappa shape index (κ2) is 33.9. The van der Waals surface area contributed by atoms with Gasteiger partial charge in [0.2, 0.25) is 0 Å². The number of hydrogen-bond acceptors (Lipinski definition) is 13. The van der Waals surface area contributed by atoms with Crippen molar-refractivity contribution in [2.75, 3.05) is 126 Å². The molecule has 0 radical (unpaired) electrons. The Morgan fingerprint density at radius 3 is 1.07 bits per heavy atom. The van der Waals surface area contributed by atoms with Crippen LogP contribution in [0, 0.1) is 0 Å². The molecule has 0 aliphatic rings. The van der Waals surface area contributed by atoms with Gasteiger partial charge in [-0.2, -0.15) is 0 Å². The molecule has 13 heteroatoms. The van der Waals surface area contributed by atoms with Crippen molar-refractivity contribution in [3.05, 3.63) is 0 Å². The van der Waals surface area contributed by atoms with Gasteiger partial charge in [0.1, 0.15) is 12.2 Å². The normalized spacial score (nSPS) is 11.6. The largest absolute Gasteiger partial charge is 0.463 e. The van der Waals surface area contributed by atoms with Gasteiger partial charge in [0, 0.05) is 6.42 Å². The van der Waals surface area contributed by atoms with Crippen molar-refractivity contribution in [1.82, 2.24) is 0 Å². The van der Waals surface area contributed by atoms with E-state index in [4.69, 9.17) is 52.1 Å². The fraction of sp³-hybridized carbons (Fsp3) is 0.938. The van der Waals surface area contributed by atoms with E-state index in [0.717, 1.165) is 25.7 Å². The molecule has 0 rings (SSSR count). The van der Waals surface area contributed by atoms with Crippen LogP contribution in [0.1, 0.15) is 66.2 Å². The molecule has 0 atom stereocenters. The summed E-state index contributed by atoms with van der Waals surface area (Å²) in [7, 11) is 0. The highest BCUT2D eigenvalue weighted by Crippen LogP contribution is 2.08. The number of unbranched alkanes of at least 4 members (excludes halogenated alkanes) is 3. The Kier molecular flexibility index (Phi) is 32.9. The summed E-state index contributed by atoms with van der Waals surface area (Å²) < 4.78 is 59.2. The average molecular weight is 655 g/mol. The summed E-state index contributed by atoms with van der Waals surface area (Å²) in [5.74, 6) is -0.422. The van der Waals surface area contributed by atoms with Crippen molar-refractivity contribution in [3.63, 3.8) is 0 Å². The molecule has 0 N–H and O–H groups in total.